The molecule has 7 nitrogen and oxygen atoms in total. The number of carbonyl (C=O) groups excluding carboxylic acids is 1. The van der Waals surface area contributed by atoms with Gasteiger partial charge in [-0.3, -0.25) is 9.78 Å². The van der Waals surface area contributed by atoms with E-state index in [1.165, 1.54) is 21.7 Å². The Morgan fingerprint density at radius 2 is 1.93 bits per heavy atom. The molecule has 1 aliphatic heterocycles. The molecule has 156 valence electrons. The van der Waals surface area contributed by atoms with Crippen LogP contribution in [0, 0.1) is 0 Å². The number of nitrogens with one attached hydrogen (secondary N) is 1. The first kappa shape index (κ1) is 20.6. The highest BCUT2D eigenvalue weighted by molar-refractivity contribution is 7.89. The summed E-state index contributed by atoms with van der Waals surface area (Å²) in [6.07, 6.45) is 4.26. The number of nitrogens with zero attached hydrogens (tertiary/aromatic N) is 3. The van der Waals surface area contributed by atoms with Crippen LogP contribution in [-0.4, -0.2) is 41.7 Å². The van der Waals surface area contributed by atoms with Crippen molar-refractivity contribution in [2.45, 2.75) is 30.6 Å². The van der Waals surface area contributed by atoms with Crippen molar-refractivity contribution < 1.29 is 13.2 Å². The summed E-state index contributed by atoms with van der Waals surface area (Å²) in [4.78, 5) is 21.5. The molecule has 0 bridgehead atoms. The summed E-state index contributed by atoms with van der Waals surface area (Å²) in [5.41, 5.74) is 2.08. The normalized spacial score (nSPS) is 14.7. The van der Waals surface area contributed by atoms with Gasteiger partial charge in [0.15, 0.2) is 0 Å². The monoisotopic (exact) mass is 442 g/mol. The molecular weight excluding hydrogens is 420 g/mol. The molecule has 1 aliphatic rings. The minimum atomic E-state index is -3.52. The number of aromatic nitrogens is 2. The van der Waals surface area contributed by atoms with E-state index in [0.717, 1.165) is 23.5 Å². The molecule has 0 radical (unpaired) electrons. The number of amides is 1. The Labute approximate surface area is 179 Å². The van der Waals surface area contributed by atoms with Crippen molar-refractivity contribution in [1.82, 2.24) is 14.3 Å². The maximum Gasteiger partial charge on any atom is 0.243 e. The average molecular weight is 443 g/mol. The van der Waals surface area contributed by atoms with E-state index in [-0.39, 0.29) is 17.2 Å². The number of pyridine rings is 1. The van der Waals surface area contributed by atoms with Crippen molar-refractivity contribution in [2.24, 2.45) is 0 Å². The van der Waals surface area contributed by atoms with Crippen LogP contribution in [0.4, 0.5) is 5.69 Å². The van der Waals surface area contributed by atoms with Crippen molar-refractivity contribution in [1.29, 1.82) is 0 Å². The van der Waals surface area contributed by atoms with Gasteiger partial charge in [0.1, 0.15) is 0 Å². The van der Waals surface area contributed by atoms with Crippen LogP contribution >= 0.6 is 11.3 Å². The van der Waals surface area contributed by atoms with Crippen molar-refractivity contribution in [3.05, 3.63) is 70.4 Å². The second-order valence-electron chi connectivity index (χ2n) is 7.09. The molecule has 1 N–H and O–H groups in total. The number of carbonyl (C=O) groups is 1. The summed E-state index contributed by atoms with van der Waals surface area (Å²) in [6, 6.07) is 12.2. The Bertz CT molecular complexity index is 1120. The van der Waals surface area contributed by atoms with E-state index in [2.05, 4.69) is 15.3 Å². The molecule has 0 saturated carbocycles. The second-order valence-corrected chi connectivity index (χ2v) is 9.97. The van der Waals surface area contributed by atoms with Crippen LogP contribution in [0.5, 0.6) is 0 Å². The Kier molecular flexibility index (Phi) is 6.21. The van der Waals surface area contributed by atoms with E-state index in [1.54, 1.807) is 24.4 Å². The summed E-state index contributed by atoms with van der Waals surface area (Å²) in [7, 11) is -3.52. The number of benzene rings is 1. The topological polar surface area (TPSA) is 92.3 Å². The molecule has 3 heterocycles. The molecule has 0 unspecified atom stereocenters. The molecule has 9 heteroatoms. The molecule has 1 amide bonds. The van der Waals surface area contributed by atoms with Gasteiger partial charge in [-0.2, -0.15) is 4.31 Å². The van der Waals surface area contributed by atoms with E-state index in [4.69, 9.17) is 0 Å². The highest BCUT2D eigenvalue weighted by atomic mass is 32.2. The van der Waals surface area contributed by atoms with Crippen LogP contribution in [0.3, 0.4) is 0 Å². The summed E-state index contributed by atoms with van der Waals surface area (Å²) >= 11 is 1.50. The molecule has 0 spiro atoms. The quantitative estimate of drug-likeness (QED) is 0.607. The minimum absolute atomic E-state index is 0.127. The van der Waals surface area contributed by atoms with Gasteiger partial charge < -0.3 is 5.32 Å². The summed E-state index contributed by atoms with van der Waals surface area (Å²) in [5, 5.41) is 5.55. The lowest BCUT2D eigenvalue weighted by atomic mass is 10.2. The van der Waals surface area contributed by atoms with Gasteiger partial charge in [-0.15, -0.1) is 11.3 Å². The fourth-order valence-electron chi connectivity index (χ4n) is 3.35. The predicted octanol–water partition coefficient (Wildman–Crippen LogP) is 3.09. The fraction of sp³-hybridized carbons (Fsp3) is 0.286. The Hall–Kier alpha value is -2.62. The first-order valence-corrected chi connectivity index (χ1v) is 12.1. The average Bonchev–Trinajstić information content (AvgIpc) is 3.42. The van der Waals surface area contributed by atoms with Gasteiger partial charge in [0.05, 0.1) is 22.0 Å². The first-order valence-electron chi connectivity index (χ1n) is 9.74. The zero-order chi connectivity index (χ0) is 21.0. The molecule has 0 atom stereocenters. The standard InChI is InChI=1S/C21H22N4O3S2/c26-20(13-18-15-29-21(24-18)14-16-6-1-2-9-22-16)23-17-7-5-8-19(12-17)30(27,28)25-10-3-4-11-25/h1-2,5-9,12,15H,3-4,10-11,13-14H2,(H,23,26). The minimum Gasteiger partial charge on any atom is -0.326 e. The fourth-order valence-corrected chi connectivity index (χ4v) is 5.72. The highest BCUT2D eigenvalue weighted by Gasteiger charge is 2.27. The molecule has 1 saturated heterocycles. The number of thiazole rings is 1. The Morgan fingerprint density at radius 1 is 1.10 bits per heavy atom. The van der Waals surface area contributed by atoms with Crippen molar-refractivity contribution in [3.8, 4) is 0 Å². The molecule has 1 aromatic carbocycles. The Balaban J connectivity index is 1.39. The second kappa shape index (κ2) is 9.03. The van der Waals surface area contributed by atoms with Crippen LogP contribution in [0.25, 0.3) is 0 Å². The number of sulfonamides is 1. The highest BCUT2D eigenvalue weighted by Crippen LogP contribution is 2.23. The maximum atomic E-state index is 12.7. The van der Waals surface area contributed by atoms with Crippen LogP contribution in [0.2, 0.25) is 0 Å². The molecule has 2 aromatic heterocycles. The molecule has 4 rings (SSSR count). The smallest absolute Gasteiger partial charge is 0.243 e. The SMILES string of the molecule is O=C(Cc1csc(Cc2ccccn2)n1)Nc1cccc(S(=O)(=O)N2CCCC2)c1. The third-order valence-electron chi connectivity index (χ3n) is 4.82. The van der Waals surface area contributed by atoms with Crippen LogP contribution < -0.4 is 5.32 Å². The third kappa shape index (κ3) is 4.92. The Morgan fingerprint density at radius 3 is 2.70 bits per heavy atom. The van der Waals surface area contributed by atoms with Crippen LogP contribution in [0.1, 0.15) is 29.2 Å². The van der Waals surface area contributed by atoms with Gasteiger partial charge in [0, 0.05) is 42.5 Å². The van der Waals surface area contributed by atoms with E-state index in [9.17, 15) is 13.2 Å². The van der Waals surface area contributed by atoms with E-state index in [1.807, 2.05) is 23.6 Å². The number of hydrogen-bond acceptors (Lipinski definition) is 6. The van der Waals surface area contributed by atoms with Gasteiger partial charge in [0.2, 0.25) is 15.9 Å². The summed E-state index contributed by atoms with van der Waals surface area (Å²) in [6.45, 7) is 1.09. The molecule has 1 fully saturated rings. The lowest BCUT2D eigenvalue weighted by Crippen LogP contribution is -2.28. The van der Waals surface area contributed by atoms with Gasteiger partial charge in [-0.05, 0) is 43.2 Å². The van der Waals surface area contributed by atoms with Crippen molar-refractivity contribution in [2.75, 3.05) is 18.4 Å². The molecule has 30 heavy (non-hydrogen) atoms. The van der Waals surface area contributed by atoms with Gasteiger partial charge >= 0.3 is 0 Å². The maximum absolute atomic E-state index is 12.7. The molecular formula is C21H22N4O3S2. The number of rotatable bonds is 7. The van der Waals surface area contributed by atoms with Crippen molar-refractivity contribution in [3.63, 3.8) is 0 Å². The zero-order valence-corrected chi connectivity index (χ0v) is 18.0. The molecule has 0 aliphatic carbocycles. The van der Waals surface area contributed by atoms with Gasteiger partial charge in [-0.25, -0.2) is 13.4 Å². The van der Waals surface area contributed by atoms with E-state index < -0.39 is 10.0 Å². The van der Waals surface area contributed by atoms with E-state index in [0.29, 0.717) is 30.9 Å². The number of hydrogen-bond donors (Lipinski definition) is 1. The lowest BCUT2D eigenvalue weighted by molar-refractivity contribution is -0.115. The lowest BCUT2D eigenvalue weighted by Gasteiger charge is -2.16. The number of anilines is 1. The first-order chi connectivity index (χ1) is 14.5. The van der Waals surface area contributed by atoms with Crippen LogP contribution in [0.15, 0.2) is 58.9 Å². The van der Waals surface area contributed by atoms with E-state index >= 15 is 0 Å². The summed E-state index contributed by atoms with van der Waals surface area (Å²) in [5.74, 6) is -0.236. The zero-order valence-electron chi connectivity index (χ0n) is 16.3. The third-order valence-corrected chi connectivity index (χ3v) is 7.61. The largest absolute Gasteiger partial charge is 0.326 e. The molecule has 3 aromatic rings. The summed E-state index contributed by atoms with van der Waals surface area (Å²) < 4.78 is 26.9. The van der Waals surface area contributed by atoms with Crippen molar-refractivity contribution >= 4 is 33.0 Å². The van der Waals surface area contributed by atoms with Gasteiger partial charge in [-0.1, -0.05) is 12.1 Å². The van der Waals surface area contributed by atoms with Gasteiger partial charge in [0.25, 0.3) is 0 Å². The van der Waals surface area contributed by atoms with Crippen LogP contribution in [-0.2, 0) is 27.7 Å². The predicted molar refractivity (Wildman–Crippen MR) is 116 cm³/mol.